The van der Waals surface area contributed by atoms with Gasteiger partial charge in [0, 0.05) is 22.9 Å². The van der Waals surface area contributed by atoms with Crippen molar-refractivity contribution < 1.29 is 4.52 Å². The lowest BCUT2D eigenvalue weighted by Crippen LogP contribution is -2.14. The summed E-state index contributed by atoms with van der Waals surface area (Å²) in [5.74, 6) is 1.81. The van der Waals surface area contributed by atoms with Gasteiger partial charge in [-0.3, -0.25) is 0 Å². The molecule has 2 atom stereocenters. The standard InChI is InChI=1S/C12H15N3OS/c1-7-5-17-6-10(7)11-14-12(16-15-11)8-2-3-9(13)4-8/h5-6,8-9H,2-4,13H2,1H3/t8-,9+/m1/s1. The highest BCUT2D eigenvalue weighted by atomic mass is 32.1. The quantitative estimate of drug-likeness (QED) is 0.888. The van der Waals surface area contributed by atoms with Crippen LogP contribution in [0.4, 0.5) is 0 Å². The molecule has 2 aromatic rings. The molecule has 0 saturated heterocycles. The van der Waals surface area contributed by atoms with Crippen molar-refractivity contribution in [1.29, 1.82) is 0 Å². The first-order valence-electron chi connectivity index (χ1n) is 5.86. The fourth-order valence-corrected chi connectivity index (χ4v) is 3.17. The van der Waals surface area contributed by atoms with E-state index in [0.717, 1.165) is 30.7 Å². The number of aryl methyl sites for hydroxylation is 1. The summed E-state index contributed by atoms with van der Waals surface area (Å²) in [6.07, 6.45) is 3.08. The molecule has 1 aliphatic carbocycles. The van der Waals surface area contributed by atoms with Crippen molar-refractivity contribution in [3.63, 3.8) is 0 Å². The van der Waals surface area contributed by atoms with Gasteiger partial charge in [-0.15, -0.1) is 0 Å². The van der Waals surface area contributed by atoms with Gasteiger partial charge >= 0.3 is 0 Å². The van der Waals surface area contributed by atoms with Gasteiger partial charge in [0.05, 0.1) is 0 Å². The summed E-state index contributed by atoms with van der Waals surface area (Å²) in [7, 11) is 0. The van der Waals surface area contributed by atoms with Crippen molar-refractivity contribution in [1.82, 2.24) is 10.1 Å². The predicted octanol–water partition coefficient (Wildman–Crippen LogP) is 2.70. The number of hydrogen-bond acceptors (Lipinski definition) is 5. The lowest BCUT2D eigenvalue weighted by Gasteiger charge is -2.01. The molecule has 1 aliphatic rings. The number of nitrogens with zero attached hydrogens (tertiary/aromatic N) is 2. The van der Waals surface area contributed by atoms with Crippen LogP contribution in [0.5, 0.6) is 0 Å². The summed E-state index contributed by atoms with van der Waals surface area (Å²) in [6.45, 7) is 2.06. The van der Waals surface area contributed by atoms with E-state index in [2.05, 4.69) is 27.8 Å². The van der Waals surface area contributed by atoms with Crippen molar-refractivity contribution >= 4 is 11.3 Å². The van der Waals surface area contributed by atoms with E-state index in [0.29, 0.717) is 17.8 Å². The number of thiophene rings is 1. The van der Waals surface area contributed by atoms with Crippen LogP contribution in [0.15, 0.2) is 15.3 Å². The van der Waals surface area contributed by atoms with E-state index >= 15 is 0 Å². The number of hydrogen-bond donors (Lipinski definition) is 1. The molecule has 0 unspecified atom stereocenters. The summed E-state index contributed by atoms with van der Waals surface area (Å²) in [5, 5.41) is 8.22. The molecule has 2 aromatic heterocycles. The van der Waals surface area contributed by atoms with Gasteiger partial charge in [0.1, 0.15) is 0 Å². The summed E-state index contributed by atoms with van der Waals surface area (Å²) < 4.78 is 5.36. The van der Waals surface area contributed by atoms with Crippen LogP contribution in [0.3, 0.4) is 0 Å². The van der Waals surface area contributed by atoms with E-state index in [1.54, 1.807) is 11.3 Å². The summed E-state index contributed by atoms with van der Waals surface area (Å²) in [6, 6.07) is 0.290. The molecule has 0 spiro atoms. The zero-order chi connectivity index (χ0) is 11.8. The van der Waals surface area contributed by atoms with Crippen LogP contribution in [0.25, 0.3) is 11.4 Å². The van der Waals surface area contributed by atoms with Crippen LogP contribution in [0.1, 0.15) is 36.6 Å². The third-order valence-electron chi connectivity index (χ3n) is 3.36. The van der Waals surface area contributed by atoms with Crippen molar-refractivity contribution in [2.24, 2.45) is 5.73 Å². The fourth-order valence-electron chi connectivity index (χ4n) is 2.34. The molecule has 1 saturated carbocycles. The number of aromatic nitrogens is 2. The maximum atomic E-state index is 5.90. The molecule has 0 aromatic carbocycles. The average molecular weight is 249 g/mol. The highest BCUT2D eigenvalue weighted by Crippen LogP contribution is 2.34. The summed E-state index contributed by atoms with van der Waals surface area (Å²) in [4.78, 5) is 4.50. The molecule has 0 radical (unpaired) electrons. The van der Waals surface area contributed by atoms with E-state index in [1.165, 1.54) is 5.56 Å². The first-order valence-corrected chi connectivity index (χ1v) is 6.80. The Bertz CT molecular complexity index is 519. The van der Waals surface area contributed by atoms with E-state index in [4.69, 9.17) is 10.3 Å². The van der Waals surface area contributed by atoms with Crippen LogP contribution in [-0.2, 0) is 0 Å². The van der Waals surface area contributed by atoms with Gasteiger partial charge in [0.25, 0.3) is 0 Å². The zero-order valence-corrected chi connectivity index (χ0v) is 10.5. The lowest BCUT2D eigenvalue weighted by atomic mass is 10.1. The number of rotatable bonds is 2. The number of nitrogens with two attached hydrogens (primary N) is 1. The molecule has 4 nitrogen and oxygen atoms in total. The first-order chi connectivity index (χ1) is 8.24. The maximum absolute atomic E-state index is 5.90. The van der Waals surface area contributed by atoms with Crippen LogP contribution < -0.4 is 5.73 Å². The monoisotopic (exact) mass is 249 g/mol. The minimum absolute atomic E-state index is 0.290. The molecule has 2 heterocycles. The Balaban J connectivity index is 1.86. The Morgan fingerprint density at radius 3 is 2.94 bits per heavy atom. The van der Waals surface area contributed by atoms with Crippen LogP contribution in [0, 0.1) is 6.92 Å². The fraction of sp³-hybridized carbons (Fsp3) is 0.500. The third-order valence-corrected chi connectivity index (χ3v) is 4.22. The third kappa shape index (κ3) is 2.00. The molecule has 17 heavy (non-hydrogen) atoms. The molecular formula is C12H15N3OS. The molecule has 0 amide bonds. The smallest absolute Gasteiger partial charge is 0.230 e. The van der Waals surface area contributed by atoms with Gasteiger partial charge < -0.3 is 10.3 Å². The zero-order valence-electron chi connectivity index (χ0n) is 9.72. The second-order valence-electron chi connectivity index (χ2n) is 4.69. The van der Waals surface area contributed by atoms with Gasteiger partial charge in [0.2, 0.25) is 11.7 Å². The Morgan fingerprint density at radius 2 is 2.29 bits per heavy atom. The van der Waals surface area contributed by atoms with Crippen LogP contribution in [0.2, 0.25) is 0 Å². The minimum atomic E-state index is 0.290. The van der Waals surface area contributed by atoms with E-state index in [9.17, 15) is 0 Å². The molecule has 1 fully saturated rings. The van der Waals surface area contributed by atoms with Gasteiger partial charge in [-0.05, 0) is 37.1 Å². The summed E-state index contributed by atoms with van der Waals surface area (Å²) >= 11 is 1.66. The molecule has 0 bridgehead atoms. The molecule has 2 N–H and O–H groups in total. The van der Waals surface area contributed by atoms with Crippen molar-refractivity contribution in [3.8, 4) is 11.4 Å². The molecule has 5 heteroatoms. The van der Waals surface area contributed by atoms with Gasteiger partial charge in [0.15, 0.2) is 0 Å². The highest BCUT2D eigenvalue weighted by molar-refractivity contribution is 7.08. The molecule has 90 valence electrons. The minimum Gasteiger partial charge on any atom is -0.339 e. The second kappa shape index (κ2) is 4.23. The normalized spacial score (nSPS) is 24.4. The highest BCUT2D eigenvalue weighted by Gasteiger charge is 2.28. The predicted molar refractivity (Wildman–Crippen MR) is 66.9 cm³/mol. The van der Waals surface area contributed by atoms with E-state index < -0.39 is 0 Å². The molecular weight excluding hydrogens is 234 g/mol. The summed E-state index contributed by atoms with van der Waals surface area (Å²) in [5.41, 5.74) is 8.18. The van der Waals surface area contributed by atoms with Crippen molar-refractivity contribution in [3.05, 3.63) is 22.2 Å². The Hall–Kier alpha value is -1.20. The van der Waals surface area contributed by atoms with Crippen molar-refractivity contribution in [2.75, 3.05) is 0 Å². The van der Waals surface area contributed by atoms with E-state index in [1.807, 2.05) is 0 Å². The van der Waals surface area contributed by atoms with Gasteiger partial charge in [-0.25, -0.2) is 0 Å². The topological polar surface area (TPSA) is 64.9 Å². The SMILES string of the molecule is Cc1cscc1-c1noc([C@@H]2CC[C@H](N)C2)n1. The van der Waals surface area contributed by atoms with Crippen LogP contribution >= 0.6 is 11.3 Å². The Labute approximate surface area is 104 Å². The van der Waals surface area contributed by atoms with Gasteiger partial charge in [-0.2, -0.15) is 16.3 Å². The second-order valence-corrected chi connectivity index (χ2v) is 5.44. The maximum Gasteiger partial charge on any atom is 0.230 e. The molecule has 0 aliphatic heterocycles. The largest absolute Gasteiger partial charge is 0.339 e. The van der Waals surface area contributed by atoms with E-state index in [-0.39, 0.29) is 0 Å². The van der Waals surface area contributed by atoms with Gasteiger partial charge in [-0.1, -0.05) is 5.16 Å². The van der Waals surface area contributed by atoms with Crippen molar-refractivity contribution in [2.45, 2.75) is 38.1 Å². The first kappa shape index (κ1) is 10.9. The Morgan fingerprint density at radius 1 is 1.41 bits per heavy atom. The average Bonchev–Trinajstić information content (AvgIpc) is 2.97. The lowest BCUT2D eigenvalue weighted by molar-refractivity contribution is 0.353. The molecule has 3 rings (SSSR count). The van der Waals surface area contributed by atoms with Crippen LogP contribution in [-0.4, -0.2) is 16.2 Å². The Kier molecular flexibility index (Phi) is 2.72.